The van der Waals surface area contributed by atoms with Crippen LogP contribution in [0.5, 0.6) is 0 Å². The number of nitrogens with one attached hydrogen (secondary N) is 2. The summed E-state index contributed by atoms with van der Waals surface area (Å²) in [5.41, 5.74) is 2.74. The van der Waals surface area contributed by atoms with Crippen LogP contribution in [0.3, 0.4) is 0 Å². The van der Waals surface area contributed by atoms with Crippen molar-refractivity contribution in [1.29, 1.82) is 0 Å². The highest BCUT2D eigenvalue weighted by Gasteiger charge is 2.10. The van der Waals surface area contributed by atoms with Crippen molar-refractivity contribution in [3.05, 3.63) is 96.1 Å². The third kappa shape index (κ3) is 6.00. The summed E-state index contributed by atoms with van der Waals surface area (Å²) in [4.78, 5) is 12.6. The Balaban J connectivity index is 1.45. The van der Waals surface area contributed by atoms with E-state index in [2.05, 4.69) is 42.4 Å². The summed E-state index contributed by atoms with van der Waals surface area (Å²) in [7, 11) is -3.51. The molecule has 1 heterocycles. The zero-order valence-electron chi connectivity index (χ0n) is 17.6. The highest BCUT2D eigenvalue weighted by molar-refractivity contribution is 7.94. The molecular formula is C23H18ClN7O2S. The first-order chi connectivity index (χ1) is 16.4. The Morgan fingerprint density at radius 2 is 1.24 bits per heavy atom. The highest BCUT2D eigenvalue weighted by atomic mass is 35.5. The molecule has 0 unspecified atom stereocenters. The molecular weight excluding hydrogens is 474 g/mol. The lowest BCUT2D eigenvalue weighted by Crippen LogP contribution is -2.04. The van der Waals surface area contributed by atoms with Gasteiger partial charge in [0.05, 0.1) is 16.3 Å². The van der Waals surface area contributed by atoms with E-state index in [1.54, 1.807) is 24.3 Å². The molecule has 1 aromatic heterocycles. The molecule has 0 fully saturated rings. The van der Waals surface area contributed by atoms with Gasteiger partial charge in [0.1, 0.15) is 0 Å². The standard InChI is InChI=1S/C23H18ClN7O2S/c1-2-34(32,33)20-14-12-17(13-15-20)26-23-28-21(24)27-22(29-23)25-16-8-10-19(11-9-16)31-30-18-6-4-3-5-7-18/h2-15H,1H2,(H2,25,26,27,28,29). The minimum Gasteiger partial charge on any atom is -0.324 e. The van der Waals surface area contributed by atoms with Gasteiger partial charge in [0.15, 0.2) is 9.84 Å². The minimum absolute atomic E-state index is 0.0147. The number of sulfone groups is 1. The topological polar surface area (TPSA) is 122 Å². The molecule has 2 N–H and O–H groups in total. The number of azo groups is 1. The fourth-order valence-electron chi connectivity index (χ4n) is 2.77. The van der Waals surface area contributed by atoms with Gasteiger partial charge in [-0.25, -0.2) is 8.42 Å². The molecule has 0 amide bonds. The highest BCUT2D eigenvalue weighted by Crippen LogP contribution is 2.23. The molecule has 11 heteroatoms. The molecule has 0 radical (unpaired) electrons. The number of aromatic nitrogens is 3. The van der Waals surface area contributed by atoms with Gasteiger partial charge in [0.2, 0.25) is 17.2 Å². The van der Waals surface area contributed by atoms with Crippen molar-refractivity contribution >= 4 is 56.1 Å². The lowest BCUT2D eigenvalue weighted by atomic mass is 10.3. The molecule has 4 rings (SSSR count). The second-order valence-electron chi connectivity index (χ2n) is 6.82. The van der Waals surface area contributed by atoms with Gasteiger partial charge >= 0.3 is 0 Å². The Morgan fingerprint density at radius 1 is 0.735 bits per heavy atom. The molecule has 170 valence electrons. The van der Waals surface area contributed by atoms with Gasteiger partial charge in [-0.1, -0.05) is 24.8 Å². The van der Waals surface area contributed by atoms with Crippen molar-refractivity contribution in [2.75, 3.05) is 10.6 Å². The zero-order chi connectivity index (χ0) is 24.0. The van der Waals surface area contributed by atoms with Gasteiger partial charge in [-0.05, 0) is 72.3 Å². The summed E-state index contributed by atoms with van der Waals surface area (Å²) in [6, 6.07) is 22.8. The molecule has 0 aliphatic carbocycles. The van der Waals surface area contributed by atoms with E-state index in [0.29, 0.717) is 17.1 Å². The van der Waals surface area contributed by atoms with Gasteiger partial charge in [-0.15, -0.1) is 0 Å². The van der Waals surface area contributed by atoms with Crippen LogP contribution < -0.4 is 10.6 Å². The molecule has 4 aromatic rings. The molecule has 34 heavy (non-hydrogen) atoms. The third-order valence-corrected chi connectivity index (χ3v) is 5.96. The van der Waals surface area contributed by atoms with Gasteiger partial charge in [-0.3, -0.25) is 0 Å². The number of hydrogen-bond donors (Lipinski definition) is 2. The summed E-state index contributed by atoms with van der Waals surface area (Å²) in [5.74, 6) is 0.419. The maximum Gasteiger partial charge on any atom is 0.233 e. The Kier molecular flexibility index (Phi) is 6.90. The van der Waals surface area contributed by atoms with E-state index in [9.17, 15) is 8.42 Å². The van der Waals surface area contributed by atoms with E-state index < -0.39 is 9.84 Å². The average Bonchev–Trinajstić information content (AvgIpc) is 2.84. The summed E-state index contributed by atoms with van der Waals surface area (Å²) in [6.45, 7) is 3.32. The van der Waals surface area contributed by atoms with Crippen LogP contribution in [-0.4, -0.2) is 23.4 Å². The number of halogens is 1. The van der Waals surface area contributed by atoms with E-state index in [-0.39, 0.29) is 22.1 Å². The Morgan fingerprint density at radius 3 is 1.76 bits per heavy atom. The minimum atomic E-state index is -3.51. The van der Waals surface area contributed by atoms with Crippen molar-refractivity contribution < 1.29 is 8.42 Å². The van der Waals surface area contributed by atoms with E-state index in [4.69, 9.17) is 11.6 Å². The molecule has 0 atom stereocenters. The van der Waals surface area contributed by atoms with Crippen molar-refractivity contribution in [1.82, 2.24) is 15.0 Å². The van der Waals surface area contributed by atoms with Crippen molar-refractivity contribution in [2.45, 2.75) is 4.90 Å². The van der Waals surface area contributed by atoms with Crippen LogP contribution in [0.25, 0.3) is 0 Å². The van der Waals surface area contributed by atoms with Gasteiger partial charge in [-0.2, -0.15) is 25.2 Å². The molecule has 0 spiro atoms. The lowest BCUT2D eigenvalue weighted by molar-refractivity contribution is 0.605. The van der Waals surface area contributed by atoms with Crippen LogP contribution in [-0.2, 0) is 9.84 Å². The molecule has 9 nitrogen and oxygen atoms in total. The van der Waals surface area contributed by atoms with Crippen LogP contribution in [0.15, 0.2) is 106 Å². The number of hydrogen-bond acceptors (Lipinski definition) is 9. The van der Waals surface area contributed by atoms with Gasteiger partial charge in [0, 0.05) is 16.8 Å². The van der Waals surface area contributed by atoms with Gasteiger partial charge < -0.3 is 10.6 Å². The van der Waals surface area contributed by atoms with Gasteiger partial charge in [0.25, 0.3) is 0 Å². The van der Waals surface area contributed by atoms with Crippen LogP contribution in [0.4, 0.5) is 34.6 Å². The summed E-state index contributed by atoms with van der Waals surface area (Å²) >= 11 is 6.05. The molecule has 3 aromatic carbocycles. The Bertz CT molecular complexity index is 1430. The second kappa shape index (κ2) is 10.2. The fourth-order valence-corrected chi connectivity index (χ4v) is 3.63. The van der Waals surface area contributed by atoms with Crippen molar-refractivity contribution in [3.63, 3.8) is 0 Å². The predicted molar refractivity (Wildman–Crippen MR) is 132 cm³/mol. The molecule has 0 aliphatic rings. The predicted octanol–water partition coefficient (Wildman–Crippen LogP) is 6.34. The molecule has 0 saturated carbocycles. The number of rotatable bonds is 8. The lowest BCUT2D eigenvalue weighted by Gasteiger charge is -2.09. The molecule has 0 bridgehead atoms. The monoisotopic (exact) mass is 491 g/mol. The van der Waals surface area contributed by atoms with Crippen LogP contribution in [0.1, 0.15) is 0 Å². The van der Waals surface area contributed by atoms with E-state index in [1.165, 1.54) is 12.1 Å². The largest absolute Gasteiger partial charge is 0.324 e. The normalized spacial score (nSPS) is 11.3. The number of anilines is 4. The van der Waals surface area contributed by atoms with E-state index >= 15 is 0 Å². The quantitative estimate of drug-likeness (QED) is 0.275. The molecule has 0 saturated heterocycles. The second-order valence-corrected chi connectivity index (χ2v) is 9.05. The first-order valence-corrected chi connectivity index (χ1v) is 11.8. The first kappa shape index (κ1) is 23.0. The number of benzene rings is 3. The van der Waals surface area contributed by atoms with Crippen LogP contribution >= 0.6 is 11.6 Å². The van der Waals surface area contributed by atoms with Crippen molar-refractivity contribution in [3.8, 4) is 0 Å². The summed E-state index contributed by atoms with van der Waals surface area (Å²) in [5, 5.41) is 15.3. The van der Waals surface area contributed by atoms with E-state index in [0.717, 1.165) is 11.1 Å². The summed E-state index contributed by atoms with van der Waals surface area (Å²) in [6.07, 6.45) is 0. The van der Waals surface area contributed by atoms with Crippen LogP contribution in [0.2, 0.25) is 5.28 Å². The maximum atomic E-state index is 11.8. The van der Waals surface area contributed by atoms with Crippen molar-refractivity contribution in [2.24, 2.45) is 10.2 Å². The third-order valence-electron chi connectivity index (χ3n) is 4.43. The number of nitrogens with zero attached hydrogens (tertiary/aromatic N) is 5. The first-order valence-electron chi connectivity index (χ1n) is 9.91. The summed E-state index contributed by atoms with van der Waals surface area (Å²) < 4.78 is 23.7. The Hall–Kier alpha value is -4.15. The van der Waals surface area contributed by atoms with E-state index in [1.807, 2.05) is 42.5 Å². The SMILES string of the molecule is C=CS(=O)(=O)c1ccc(Nc2nc(Cl)nc(Nc3ccc(N=Nc4ccccc4)cc3)n2)cc1. The molecule has 0 aliphatic heterocycles. The fraction of sp³-hybridized carbons (Fsp3) is 0. The smallest absolute Gasteiger partial charge is 0.233 e. The Labute approximate surface area is 201 Å². The van der Waals surface area contributed by atoms with Crippen LogP contribution in [0, 0.1) is 0 Å². The maximum absolute atomic E-state index is 11.8. The average molecular weight is 492 g/mol. The zero-order valence-corrected chi connectivity index (χ0v) is 19.2.